The van der Waals surface area contributed by atoms with Crippen molar-refractivity contribution in [2.45, 2.75) is 6.04 Å². The monoisotopic (exact) mass is 451 g/mol. The van der Waals surface area contributed by atoms with Gasteiger partial charge >= 0.3 is 0 Å². The van der Waals surface area contributed by atoms with E-state index < -0.39 is 34.8 Å². The first-order valence-corrected chi connectivity index (χ1v) is 10.3. The summed E-state index contributed by atoms with van der Waals surface area (Å²) < 4.78 is 36.1. The third-order valence-corrected chi connectivity index (χ3v) is 5.74. The lowest BCUT2D eigenvalue weighted by Crippen LogP contribution is -2.55. The quantitative estimate of drug-likeness (QED) is 0.576. The van der Waals surface area contributed by atoms with Crippen LogP contribution in [0.15, 0.2) is 71.7 Å². The molecule has 0 saturated carbocycles. The van der Waals surface area contributed by atoms with Gasteiger partial charge in [-0.05, 0) is 23.8 Å². The van der Waals surface area contributed by atoms with Crippen molar-refractivity contribution in [2.24, 2.45) is 0 Å². The second kappa shape index (κ2) is 8.09. The minimum Gasteiger partial charge on any atom is -0.502 e. The molecule has 9 heteroatoms. The highest BCUT2D eigenvalue weighted by molar-refractivity contribution is 5.96. The van der Waals surface area contributed by atoms with Gasteiger partial charge in [0.05, 0.1) is 0 Å². The number of halogens is 2. The van der Waals surface area contributed by atoms with Crippen molar-refractivity contribution in [1.29, 1.82) is 0 Å². The normalized spacial score (nSPS) is 18.6. The van der Waals surface area contributed by atoms with Crippen molar-refractivity contribution in [3.05, 3.63) is 106 Å². The lowest BCUT2D eigenvalue weighted by Gasteiger charge is -2.43. The summed E-state index contributed by atoms with van der Waals surface area (Å²) >= 11 is 0. The maximum absolute atomic E-state index is 14.9. The Kier molecular flexibility index (Phi) is 5.08. The van der Waals surface area contributed by atoms with Crippen LogP contribution in [-0.4, -0.2) is 40.4 Å². The number of amides is 1. The molecule has 3 heterocycles. The number of aromatic nitrogens is 1. The first-order valence-electron chi connectivity index (χ1n) is 10.3. The molecule has 1 amide bonds. The summed E-state index contributed by atoms with van der Waals surface area (Å²) in [5, 5.41) is 12.2. The van der Waals surface area contributed by atoms with Gasteiger partial charge in [0.25, 0.3) is 5.91 Å². The van der Waals surface area contributed by atoms with Crippen LogP contribution in [0.25, 0.3) is 0 Å². The molecule has 2 aliphatic heterocycles. The number of hydrogen-bond donors (Lipinski definition) is 1. The zero-order valence-corrected chi connectivity index (χ0v) is 17.3. The van der Waals surface area contributed by atoms with Crippen LogP contribution in [0, 0.1) is 11.6 Å². The van der Waals surface area contributed by atoms with Gasteiger partial charge in [-0.2, -0.15) is 4.39 Å². The van der Waals surface area contributed by atoms with E-state index >= 15 is 0 Å². The number of nitrogens with zero attached hydrogens (tertiary/aromatic N) is 3. The fourth-order valence-electron chi connectivity index (χ4n) is 4.19. The predicted molar refractivity (Wildman–Crippen MR) is 116 cm³/mol. The molecule has 0 spiro atoms. The Morgan fingerprint density at radius 2 is 1.79 bits per heavy atom. The average Bonchev–Trinajstić information content (AvgIpc) is 2.85. The number of ether oxygens (including phenoxy) is 1. The van der Waals surface area contributed by atoms with Crippen LogP contribution in [0.2, 0.25) is 0 Å². The van der Waals surface area contributed by atoms with Crippen LogP contribution in [0.4, 0.5) is 8.78 Å². The molecule has 2 bridgehead atoms. The zero-order valence-electron chi connectivity index (χ0n) is 17.3. The molecule has 2 aliphatic rings. The van der Waals surface area contributed by atoms with E-state index in [1.165, 1.54) is 21.8 Å². The molecule has 1 atom stereocenters. The van der Waals surface area contributed by atoms with E-state index in [9.17, 15) is 23.5 Å². The Morgan fingerprint density at radius 3 is 2.58 bits per heavy atom. The largest absolute Gasteiger partial charge is 0.502 e. The zero-order chi connectivity index (χ0) is 23.1. The molecule has 5 rings (SSSR count). The summed E-state index contributed by atoms with van der Waals surface area (Å²) in [5.41, 5.74) is 0.143. The van der Waals surface area contributed by atoms with Crippen LogP contribution in [0.3, 0.4) is 0 Å². The molecule has 1 N–H and O–H groups in total. The fraction of sp³-hybridized carbons (Fsp3) is 0.167. The highest BCUT2D eigenvalue weighted by Crippen LogP contribution is 2.38. The van der Waals surface area contributed by atoms with Gasteiger partial charge in [-0.3, -0.25) is 19.3 Å². The number of rotatable bonds is 1. The number of benzene rings is 2. The minimum absolute atomic E-state index is 0.0348. The predicted octanol–water partition coefficient (Wildman–Crippen LogP) is 2.92. The number of hydrogen-bond acceptors (Lipinski definition) is 5. The Balaban J connectivity index is 1.83. The van der Waals surface area contributed by atoms with Gasteiger partial charge in [0.15, 0.2) is 23.0 Å². The lowest BCUT2D eigenvalue weighted by molar-refractivity contribution is 0.0701. The Morgan fingerprint density at radius 1 is 1.00 bits per heavy atom. The molecule has 3 aromatic rings. The van der Waals surface area contributed by atoms with E-state index in [4.69, 9.17) is 4.74 Å². The van der Waals surface area contributed by atoms with Gasteiger partial charge < -0.3 is 14.7 Å². The van der Waals surface area contributed by atoms with Gasteiger partial charge in [-0.15, -0.1) is 0 Å². The summed E-state index contributed by atoms with van der Waals surface area (Å²) in [6.07, 6.45) is 4.64. The first-order chi connectivity index (χ1) is 16.0. The Labute approximate surface area is 187 Å². The van der Waals surface area contributed by atoms with Crippen LogP contribution >= 0.6 is 0 Å². The van der Waals surface area contributed by atoms with E-state index in [1.807, 2.05) is 18.2 Å². The van der Waals surface area contributed by atoms with E-state index in [0.29, 0.717) is 11.1 Å². The van der Waals surface area contributed by atoms with E-state index in [0.717, 1.165) is 12.1 Å². The van der Waals surface area contributed by atoms with Crippen molar-refractivity contribution >= 4 is 5.91 Å². The van der Waals surface area contributed by atoms with Gasteiger partial charge in [-0.25, -0.2) is 4.39 Å². The molecule has 168 valence electrons. The number of carbonyl (C=O) groups is 1. The van der Waals surface area contributed by atoms with Gasteiger partial charge in [0, 0.05) is 24.4 Å². The summed E-state index contributed by atoms with van der Waals surface area (Å²) in [7, 11) is 0. The van der Waals surface area contributed by atoms with Crippen LogP contribution in [0.1, 0.15) is 27.7 Å². The van der Waals surface area contributed by atoms with Crippen molar-refractivity contribution in [2.75, 3.05) is 24.8 Å². The van der Waals surface area contributed by atoms with Crippen molar-refractivity contribution in [3.63, 3.8) is 0 Å². The third-order valence-electron chi connectivity index (χ3n) is 5.74. The minimum atomic E-state index is -1.12. The van der Waals surface area contributed by atoms with Gasteiger partial charge in [-0.1, -0.05) is 36.4 Å². The summed E-state index contributed by atoms with van der Waals surface area (Å²) in [6.45, 7) is 0.180. The highest BCUT2D eigenvalue weighted by atomic mass is 19.2. The molecule has 0 aliphatic carbocycles. The van der Waals surface area contributed by atoms with Crippen molar-refractivity contribution in [3.8, 4) is 11.5 Å². The van der Waals surface area contributed by atoms with Crippen LogP contribution < -0.4 is 15.2 Å². The number of carbonyl (C=O) groups excluding carboxylic acids is 1. The second-order valence-electron chi connectivity index (χ2n) is 7.71. The standard InChI is InChI=1S/C24H19F2N3O4/c25-17-9-8-16-20(15-6-2-1-3-7-15)29-14-27(11-4-5-13-33-23(16)19(17)26)24(32)21-22(31)18(30)10-12-28(21)29/h1-10,12,20,31H,11,13-14H2/b5-4+/t20-/m1/s1. The summed E-state index contributed by atoms with van der Waals surface area (Å²) in [4.78, 5) is 26.7. The Hall–Kier alpha value is -4.14. The van der Waals surface area contributed by atoms with Crippen LogP contribution in [0.5, 0.6) is 11.5 Å². The second-order valence-corrected chi connectivity index (χ2v) is 7.71. The molecule has 2 aromatic carbocycles. The molecule has 1 aromatic heterocycles. The average molecular weight is 451 g/mol. The van der Waals surface area contributed by atoms with Gasteiger partial charge in [0.1, 0.15) is 19.3 Å². The number of fused-ring (bicyclic) bond motifs is 5. The molecule has 0 saturated heterocycles. The maximum atomic E-state index is 14.9. The molecule has 0 unspecified atom stereocenters. The Bertz CT molecular complexity index is 1320. The first kappa shape index (κ1) is 20.7. The van der Waals surface area contributed by atoms with Crippen molar-refractivity contribution in [1.82, 2.24) is 9.58 Å². The smallest absolute Gasteiger partial charge is 0.278 e. The van der Waals surface area contributed by atoms with E-state index in [2.05, 4.69) is 0 Å². The molecule has 0 radical (unpaired) electrons. The SMILES string of the molecule is O=C1c2c(O)c(=O)ccn2N2CN1C/C=C/COc1c(ccc(F)c1F)[C@H]2c1ccccc1. The molecule has 7 nitrogen and oxygen atoms in total. The summed E-state index contributed by atoms with van der Waals surface area (Å²) in [5.74, 6) is -3.61. The fourth-order valence-corrected chi connectivity index (χ4v) is 4.19. The number of pyridine rings is 1. The van der Waals surface area contributed by atoms with Crippen LogP contribution in [-0.2, 0) is 0 Å². The third kappa shape index (κ3) is 3.42. The molecule has 33 heavy (non-hydrogen) atoms. The molecule has 0 fully saturated rings. The van der Waals surface area contributed by atoms with E-state index in [-0.39, 0.29) is 31.3 Å². The number of aromatic hydroxyl groups is 1. The van der Waals surface area contributed by atoms with Crippen molar-refractivity contribution < 1.29 is 23.4 Å². The lowest BCUT2D eigenvalue weighted by atomic mass is 9.96. The molecular formula is C24H19F2N3O4. The van der Waals surface area contributed by atoms with Gasteiger partial charge in [0.2, 0.25) is 11.2 Å². The maximum Gasteiger partial charge on any atom is 0.278 e. The topological polar surface area (TPSA) is 75.0 Å². The highest BCUT2D eigenvalue weighted by Gasteiger charge is 2.38. The molecular weight excluding hydrogens is 432 g/mol. The van der Waals surface area contributed by atoms with E-state index in [1.54, 1.807) is 29.3 Å². The summed E-state index contributed by atoms with van der Waals surface area (Å²) in [6, 6.07) is 11.9.